The molecule has 130 valence electrons. The van der Waals surface area contributed by atoms with E-state index >= 15 is 0 Å². The van der Waals surface area contributed by atoms with Gasteiger partial charge in [0, 0.05) is 38.5 Å². The van der Waals surface area contributed by atoms with Gasteiger partial charge in [-0.25, -0.2) is 4.39 Å². The maximum absolute atomic E-state index is 13.8. The summed E-state index contributed by atoms with van der Waals surface area (Å²) in [6.45, 7) is 4.48. The van der Waals surface area contributed by atoms with Gasteiger partial charge in [0.05, 0.1) is 5.56 Å². The molecule has 24 heavy (non-hydrogen) atoms. The molecule has 1 fully saturated rings. The van der Waals surface area contributed by atoms with E-state index in [4.69, 9.17) is 4.42 Å². The smallest absolute Gasteiger partial charge is 0.223 e. The van der Waals surface area contributed by atoms with Gasteiger partial charge in [-0.05, 0) is 31.2 Å². The Morgan fingerprint density at radius 3 is 2.88 bits per heavy atom. The Hall–Kier alpha value is -1.85. The molecule has 0 aliphatic carbocycles. The molecular formula is C18H22ClFN2O2. The van der Waals surface area contributed by atoms with Gasteiger partial charge in [-0.1, -0.05) is 12.1 Å². The summed E-state index contributed by atoms with van der Waals surface area (Å²) < 4.78 is 19.4. The van der Waals surface area contributed by atoms with E-state index in [2.05, 4.69) is 5.32 Å². The third-order valence-corrected chi connectivity index (χ3v) is 4.21. The lowest BCUT2D eigenvalue weighted by molar-refractivity contribution is -0.133. The van der Waals surface area contributed by atoms with Crippen LogP contribution in [0.2, 0.25) is 0 Å². The van der Waals surface area contributed by atoms with Crippen LogP contribution in [-0.2, 0) is 11.2 Å². The SMILES string of the molecule is CC1CNCCN1C(=O)CCc1ccc(-c2ccccc2F)o1.Cl. The van der Waals surface area contributed by atoms with Crippen molar-refractivity contribution < 1.29 is 13.6 Å². The third kappa shape index (κ3) is 4.16. The lowest BCUT2D eigenvalue weighted by Gasteiger charge is -2.34. The second-order valence-electron chi connectivity index (χ2n) is 5.89. The van der Waals surface area contributed by atoms with Crippen molar-refractivity contribution in [1.29, 1.82) is 0 Å². The third-order valence-electron chi connectivity index (χ3n) is 4.21. The first-order valence-electron chi connectivity index (χ1n) is 7.99. The number of nitrogens with zero attached hydrogens (tertiary/aromatic N) is 1. The fourth-order valence-electron chi connectivity index (χ4n) is 2.90. The summed E-state index contributed by atoms with van der Waals surface area (Å²) >= 11 is 0. The first kappa shape index (κ1) is 18.5. The van der Waals surface area contributed by atoms with Crippen molar-refractivity contribution in [2.75, 3.05) is 19.6 Å². The zero-order valence-electron chi connectivity index (χ0n) is 13.6. The number of halogens is 2. The molecule has 2 aromatic rings. The van der Waals surface area contributed by atoms with E-state index in [1.807, 2.05) is 17.9 Å². The second kappa shape index (κ2) is 8.31. The quantitative estimate of drug-likeness (QED) is 0.918. The molecule has 6 heteroatoms. The summed E-state index contributed by atoms with van der Waals surface area (Å²) in [5.74, 6) is 1.04. The number of piperazine rings is 1. The molecule has 3 rings (SSSR count). The van der Waals surface area contributed by atoms with E-state index in [0.29, 0.717) is 29.9 Å². The predicted octanol–water partition coefficient (Wildman–Crippen LogP) is 3.26. The van der Waals surface area contributed by atoms with Crippen LogP contribution in [0.1, 0.15) is 19.1 Å². The standard InChI is InChI=1S/C18H21FN2O2.ClH/c1-13-12-20-10-11-21(13)18(22)9-7-14-6-8-17(23-14)15-4-2-3-5-16(15)19;/h2-6,8,13,20H,7,9-12H2,1H3;1H. The van der Waals surface area contributed by atoms with Crippen molar-refractivity contribution in [2.24, 2.45) is 0 Å². The monoisotopic (exact) mass is 352 g/mol. The maximum atomic E-state index is 13.8. The molecule has 0 radical (unpaired) electrons. The Bertz CT molecular complexity index is 689. The van der Waals surface area contributed by atoms with Crippen molar-refractivity contribution in [2.45, 2.75) is 25.8 Å². The van der Waals surface area contributed by atoms with Crippen LogP contribution in [0.4, 0.5) is 4.39 Å². The molecule has 1 aliphatic heterocycles. The van der Waals surface area contributed by atoms with E-state index < -0.39 is 0 Å². The molecule has 1 aromatic carbocycles. The molecule has 1 aromatic heterocycles. The van der Waals surface area contributed by atoms with Gasteiger partial charge in [0.25, 0.3) is 0 Å². The molecule has 0 saturated carbocycles. The van der Waals surface area contributed by atoms with Crippen LogP contribution in [0.3, 0.4) is 0 Å². The summed E-state index contributed by atoms with van der Waals surface area (Å²) in [5.41, 5.74) is 0.445. The van der Waals surface area contributed by atoms with Gasteiger partial charge in [-0.3, -0.25) is 4.79 Å². The fourth-order valence-corrected chi connectivity index (χ4v) is 2.90. The molecule has 0 spiro atoms. The van der Waals surface area contributed by atoms with Crippen LogP contribution in [0.25, 0.3) is 11.3 Å². The number of hydrogen-bond acceptors (Lipinski definition) is 3. The van der Waals surface area contributed by atoms with E-state index in [-0.39, 0.29) is 30.2 Å². The molecule has 1 aliphatic rings. The van der Waals surface area contributed by atoms with Gasteiger partial charge in [0.15, 0.2) is 0 Å². The van der Waals surface area contributed by atoms with Crippen molar-refractivity contribution in [1.82, 2.24) is 10.2 Å². The van der Waals surface area contributed by atoms with Crippen molar-refractivity contribution in [3.05, 3.63) is 48.0 Å². The summed E-state index contributed by atoms with van der Waals surface area (Å²) in [5, 5.41) is 3.27. The highest BCUT2D eigenvalue weighted by atomic mass is 35.5. The number of benzene rings is 1. The largest absolute Gasteiger partial charge is 0.461 e. The average Bonchev–Trinajstić information content (AvgIpc) is 3.02. The summed E-state index contributed by atoms with van der Waals surface area (Å²) in [6.07, 6.45) is 0.943. The number of furan rings is 1. The van der Waals surface area contributed by atoms with Crippen LogP contribution < -0.4 is 5.32 Å². The van der Waals surface area contributed by atoms with Crippen LogP contribution in [-0.4, -0.2) is 36.5 Å². The number of carbonyl (C=O) groups is 1. The second-order valence-corrected chi connectivity index (χ2v) is 5.89. The van der Waals surface area contributed by atoms with Crippen LogP contribution in [0.5, 0.6) is 0 Å². The minimum absolute atomic E-state index is 0. The molecule has 2 heterocycles. The number of aryl methyl sites for hydroxylation is 1. The fraction of sp³-hybridized carbons (Fsp3) is 0.389. The number of amides is 1. The van der Waals surface area contributed by atoms with Gasteiger partial charge < -0.3 is 14.6 Å². The first-order chi connectivity index (χ1) is 11.1. The summed E-state index contributed by atoms with van der Waals surface area (Å²) in [7, 11) is 0. The number of rotatable bonds is 4. The van der Waals surface area contributed by atoms with Crippen molar-refractivity contribution >= 4 is 18.3 Å². The van der Waals surface area contributed by atoms with Gasteiger partial charge in [0.1, 0.15) is 17.3 Å². The summed E-state index contributed by atoms with van der Waals surface area (Å²) in [6, 6.07) is 10.3. The number of nitrogens with one attached hydrogen (secondary N) is 1. The van der Waals surface area contributed by atoms with Crippen molar-refractivity contribution in [3.63, 3.8) is 0 Å². The molecule has 1 amide bonds. The number of carbonyl (C=O) groups excluding carboxylic acids is 1. The Labute approximate surface area is 147 Å². The average molecular weight is 353 g/mol. The highest BCUT2D eigenvalue weighted by molar-refractivity contribution is 5.85. The Morgan fingerprint density at radius 1 is 1.33 bits per heavy atom. The minimum Gasteiger partial charge on any atom is -0.461 e. The molecule has 1 atom stereocenters. The van der Waals surface area contributed by atoms with Crippen LogP contribution >= 0.6 is 12.4 Å². The van der Waals surface area contributed by atoms with E-state index in [9.17, 15) is 9.18 Å². The lowest BCUT2D eigenvalue weighted by Crippen LogP contribution is -2.52. The van der Waals surface area contributed by atoms with Crippen LogP contribution in [0, 0.1) is 5.82 Å². The van der Waals surface area contributed by atoms with Gasteiger partial charge in [-0.15, -0.1) is 12.4 Å². The van der Waals surface area contributed by atoms with Gasteiger partial charge in [-0.2, -0.15) is 0 Å². The topological polar surface area (TPSA) is 45.5 Å². The highest BCUT2D eigenvalue weighted by Gasteiger charge is 2.22. The Kier molecular flexibility index (Phi) is 6.40. The molecule has 1 N–H and O–H groups in total. The number of hydrogen-bond donors (Lipinski definition) is 1. The Balaban J connectivity index is 0.00000208. The Morgan fingerprint density at radius 2 is 2.12 bits per heavy atom. The van der Waals surface area contributed by atoms with E-state index in [1.54, 1.807) is 24.3 Å². The predicted molar refractivity (Wildman–Crippen MR) is 93.7 cm³/mol. The van der Waals surface area contributed by atoms with Gasteiger partial charge in [0.2, 0.25) is 5.91 Å². The minimum atomic E-state index is -0.306. The molecule has 0 bridgehead atoms. The van der Waals surface area contributed by atoms with Crippen LogP contribution in [0.15, 0.2) is 40.8 Å². The molecular weight excluding hydrogens is 331 g/mol. The first-order valence-corrected chi connectivity index (χ1v) is 7.99. The van der Waals surface area contributed by atoms with Gasteiger partial charge >= 0.3 is 0 Å². The van der Waals surface area contributed by atoms with E-state index in [0.717, 1.165) is 19.6 Å². The normalized spacial score (nSPS) is 17.4. The highest BCUT2D eigenvalue weighted by Crippen LogP contribution is 2.25. The lowest BCUT2D eigenvalue weighted by atomic mass is 10.1. The molecule has 4 nitrogen and oxygen atoms in total. The van der Waals surface area contributed by atoms with Crippen molar-refractivity contribution in [3.8, 4) is 11.3 Å². The zero-order chi connectivity index (χ0) is 16.2. The maximum Gasteiger partial charge on any atom is 0.223 e. The molecule has 1 saturated heterocycles. The summed E-state index contributed by atoms with van der Waals surface area (Å²) in [4.78, 5) is 14.2. The van der Waals surface area contributed by atoms with E-state index in [1.165, 1.54) is 6.07 Å². The molecule has 1 unspecified atom stereocenters. The zero-order valence-corrected chi connectivity index (χ0v) is 14.4.